The smallest absolute Gasteiger partial charge is 0.129 e. The van der Waals surface area contributed by atoms with Crippen molar-refractivity contribution in [3.05, 3.63) is 64.4 Å². The van der Waals surface area contributed by atoms with Crippen molar-refractivity contribution in [3.63, 3.8) is 0 Å². The molecule has 17 heavy (non-hydrogen) atoms. The van der Waals surface area contributed by atoms with Gasteiger partial charge in [0.1, 0.15) is 18.2 Å². The van der Waals surface area contributed by atoms with Gasteiger partial charge >= 0.3 is 0 Å². The predicted molar refractivity (Wildman–Crippen MR) is 66.9 cm³/mol. The summed E-state index contributed by atoms with van der Waals surface area (Å²) in [6.45, 7) is 2.05. The molecule has 0 aliphatic carbocycles. The molecule has 0 saturated carbocycles. The van der Waals surface area contributed by atoms with Crippen LogP contribution in [0.25, 0.3) is 0 Å². The number of hydrogen-bond donors (Lipinski definition) is 0. The van der Waals surface area contributed by atoms with Gasteiger partial charge in [-0.3, -0.25) is 0 Å². The average Bonchev–Trinajstić information content (AvgIpc) is 2.32. The lowest BCUT2D eigenvalue weighted by atomic mass is 10.2. The summed E-state index contributed by atoms with van der Waals surface area (Å²) in [5, 5.41) is 0.653. The molecule has 0 atom stereocenters. The Hall–Kier alpha value is -1.54. The number of aryl methyl sites for hydroxylation is 1. The van der Waals surface area contributed by atoms with E-state index < -0.39 is 0 Å². The molecule has 1 nitrogen and oxygen atoms in total. The summed E-state index contributed by atoms with van der Waals surface area (Å²) < 4.78 is 18.8. The topological polar surface area (TPSA) is 9.23 Å². The van der Waals surface area contributed by atoms with Gasteiger partial charge in [-0.05, 0) is 24.6 Å². The molecule has 2 aromatic carbocycles. The van der Waals surface area contributed by atoms with E-state index in [-0.39, 0.29) is 5.82 Å². The molecule has 0 fully saturated rings. The Balaban J connectivity index is 2.08. The van der Waals surface area contributed by atoms with Gasteiger partial charge in [0.2, 0.25) is 0 Å². The molecule has 0 amide bonds. The highest BCUT2D eigenvalue weighted by molar-refractivity contribution is 6.31. The minimum atomic E-state index is -0.262. The molecule has 0 bridgehead atoms. The summed E-state index contributed by atoms with van der Waals surface area (Å²) in [6.07, 6.45) is 0. The van der Waals surface area contributed by atoms with Gasteiger partial charge in [-0.25, -0.2) is 4.39 Å². The Morgan fingerprint density at radius 2 is 1.94 bits per heavy atom. The van der Waals surface area contributed by atoms with E-state index in [0.717, 1.165) is 5.56 Å². The molecule has 0 unspecified atom stereocenters. The van der Waals surface area contributed by atoms with Crippen LogP contribution < -0.4 is 4.74 Å². The van der Waals surface area contributed by atoms with Gasteiger partial charge in [-0.1, -0.05) is 35.9 Å². The van der Waals surface area contributed by atoms with E-state index in [2.05, 4.69) is 0 Å². The zero-order valence-corrected chi connectivity index (χ0v) is 10.2. The van der Waals surface area contributed by atoms with Crippen LogP contribution in [-0.2, 0) is 6.61 Å². The Kier molecular flexibility index (Phi) is 3.64. The molecule has 88 valence electrons. The van der Waals surface area contributed by atoms with E-state index in [0.29, 0.717) is 22.9 Å². The normalized spacial score (nSPS) is 10.3. The zero-order valence-electron chi connectivity index (χ0n) is 9.41. The molecule has 2 rings (SSSR count). The maximum absolute atomic E-state index is 13.3. The molecule has 3 heteroatoms. The van der Waals surface area contributed by atoms with E-state index in [1.165, 1.54) is 6.07 Å². The van der Waals surface area contributed by atoms with Gasteiger partial charge in [0.05, 0.1) is 0 Å². The van der Waals surface area contributed by atoms with Crippen LogP contribution in [0.2, 0.25) is 5.02 Å². The molecule has 0 saturated heterocycles. The van der Waals surface area contributed by atoms with Crippen LogP contribution in [0.1, 0.15) is 11.1 Å². The van der Waals surface area contributed by atoms with Crippen LogP contribution in [0.15, 0.2) is 42.5 Å². The minimum absolute atomic E-state index is 0.262. The van der Waals surface area contributed by atoms with E-state index in [4.69, 9.17) is 16.3 Å². The summed E-state index contributed by atoms with van der Waals surface area (Å²) in [7, 11) is 0. The second kappa shape index (κ2) is 5.19. The van der Waals surface area contributed by atoms with Crippen molar-refractivity contribution in [2.24, 2.45) is 0 Å². The third kappa shape index (κ3) is 2.98. The molecule has 0 radical (unpaired) electrons. The van der Waals surface area contributed by atoms with Crippen molar-refractivity contribution < 1.29 is 9.13 Å². The monoisotopic (exact) mass is 250 g/mol. The van der Waals surface area contributed by atoms with Gasteiger partial charge < -0.3 is 4.74 Å². The van der Waals surface area contributed by atoms with Crippen LogP contribution >= 0.6 is 11.6 Å². The molecule has 0 aliphatic heterocycles. The minimum Gasteiger partial charge on any atom is -0.489 e. The molecule has 0 aliphatic rings. The SMILES string of the molecule is Cc1ccc(OCc2ccccc2Cl)cc1F. The fourth-order valence-electron chi connectivity index (χ4n) is 1.44. The lowest BCUT2D eigenvalue weighted by molar-refractivity contribution is 0.304. The highest BCUT2D eigenvalue weighted by Crippen LogP contribution is 2.20. The summed E-state index contributed by atoms with van der Waals surface area (Å²) in [5.74, 6) is 0.245. The number of halogens is 2. The van der Waals surface area contributed by atoms with Gasteiger partial charge in [0.15, 0.2) is 0 Å². The fourth-order valence-corrected chi connectivity index (χ4v) is 1.63. The van der Waals surface area contributed by atoms with Crippen LogP contribution in [0.4, 0.5) is 4.39 Å². The van der Waals surface area contributed by atoms with Crippen LogP contribution in [-0.4, -0.2) is 0 Å². The Morgan fingerprint density at radius 1 is 1.18 bits per heavy atom. The first-order chi connectivity index (χ1) is 8.16. The number of ether oxygens (including phenoxy) is 1. The van der Waals surface area contributed by atoms with Crippen molar-refractivity contribution in [1.29, 1.82) is 0 Å². The van der Waals surface area contributed by atoms with Crippen molar-refractivity contribution in [2.45, 2.75) is 13.5 Å². The second-order valence-electron chi connectivity index (χ2n) is 3.79. The zero-order chi connectivity index (χ0) is 12.3. The predicted octanol–water partition coefficient (Wildman–Crippen LogP) is 4.37. The second-order valence-corrected chi connectivity index (χ2v) is 4.20. The molecular weight excluding hydrogens is 239 g/mol. The number of hydrogen-bond acceptors (Lipinski definition) is 1. The summed E-state index contributed by atoms with van der Waals surface area (Å²) in [4.78, 5) is 0. The first kappa shape index (κ1) is 11.9. The summed E-state index contributed by atoms with van der Waals surface area (Å²) in [5.41, 5.74) is 1.49. The highest BCUT2D eigenvalue weighted by Gasteiger charge is 2.02. The standard InChI is InChI=1S/C14H12ClFO/c1-10-6-7-12(8-14(10)16)17-9-11-4-2-3-5-13(11)15/h2-8H,9H2,1H3. The molecular formula is C14H12ClFO. The third-order valence-electron chi connectivity index (χ3n) is 2.50. The Morgan fingerprint density at radius 3 is 2.65 bits per heavy atom. The maximum atomic E-state index is 13.3. The first-order valence-corrected chi connectivity index (χ1v) is 5.67. The van der Waals surface area contributed by atoms with Crippen LogP contribution in [0, 0.1) is 12.7 Å². The third-order valence-corrected chi connectivity index (χ3v) is 2.86. The number of benzene rings is 2. The van der Waals surface area contributed by atoms with E-state index in [9.17, 15) is 4.39 Å². The Bertz CT molecular complexity index is 525. The van der Waals surface area contributed by atoms with Crippen molar-refractivity contribution in [1.82, 2.24) is 0 Å². The first-order valence-electron chi connectivity index (χ1n) is 5.29. The Labute approximate surface area is 105 Å². The largest absolute Gasteiger partial charge is 0.489 e. The summed E-state index contributed by atoms with van der Waals surface area (Å²) >= 11 is 5.99. The molecule has 2 aromatic rings. The van der Waals surface area contributed by atoms with Crippen LogP contribution in [0.5, 0.6) is 5.75 Å². The van der Waals surface area contributed by atoms with Crippen LogP contribution in [0.3, 0.4) is 0 Å². The van der Waals surface area contributed by atoms with Gasteiger partial charge in [0, 0.05) is 16.7 Å². The van der Waals surface area contributed by atoms with Gasteiger partial charge in [-0.15, -0.1) is 0 Å². The van der Waals surface area contributed by atoms with Crippen molar-refractivity contribution in [3.8, 4) is 5.75 Å². The molecule has 0 heterocycles. The fraction of sp³-hybridized carbons (Fsp3) is 0.143. The summed E-state index contributed by atoms with van der Waals surface area (Å²) in [6, 6.07) is 12.2. The van der Waals surface area contributed by atoms with E-state index >= 15 is 0 Å². The van der Waals surface area contributed by atoms with E-state index in [1.54, 1.807) is 25.1 Å². The molecule has 0 N–H and O–H groups in total. The van der Waals surface area contributed by atoms with Crippen molar-refractivity contribution >= 4 is 11.6 Å². The number of rotatable bonds is 3. The van der Waals surface area contributed by atoms with Gasteiger partial charge in [-0.2, -0.15) is 0 Å². The molecule has 0 aromatic heterocycles. The highest BCUT2D eigenvalue weighted by atomic mass is 35.5. The lowest BCUT2D eigenvalue weighted by Crippen LogP contribution is -1.96. The average molecular weight is 251 g/mol. The van der Waals surface area contributed by atoms with Crippen molar-refractivity contribution in [2.75, 3.05) is 0 Å². The molecule has 0 spiro atoms. The quantitative estimate of drug-likeness (QED) is 0.786. The van der Waals surface area contributed by atoms with E-state index in [1.807, 2.05) is 18.2 Å². The lowest BCUT2D eigenvalue weighted by Gasteiger charge is -2.08. The maximum Gasteiger partial charge on any atom is 0.129 e. The van der Waals surface area contributed by atoms with Gasteiger partial charge in [0.25, 0.3) is 0 Å².